The number of hydrogen-bond donors (Lipinski definition) is 0. The summed E-state index contributed by atoms with van der Waals surface area (Å²) in [5.74, 6) is 0. The Kier molecular flexibility index (Phi) is 10.3. The van der Waals surface area contributed by atoms with Gasteiger partial charge < -0.3 is 0 Å². The van der Waals surface area contributed by atoms with Crippen LogP contribution in [0.25, 0.3) is 0 Å². The third kappa shape index (κ3) is 6.25. The van der Waals surface area contributed by atoms with Crippen LogP contribution in [0.2, 0.25) is 0 Å². The lowest BCUT2D eigenvalue weighted by Crippen LogP contribution is -2.30. The van der Waals surface area contributed by atoms with E-state index in [9.17, 15) is 4.57 Å². The number of thioether (sulfide) groups is 3. The van der Waals surface area contributed by atoms with Crippen molar-refractivity contribution in [3.63, 3.8) is 0 Å². The van der Waals surface area contributed by atoms with Gasteiger partial charge in [-0.1, -0.05) is 58.7 Å². The van der Waals surface area contributed by atoms with Crippen molar-refractivity contribution in [2.24, 2.45) is 0 Å². The summed E-state index contributed by atoms with van der Waals surface area (Å²) in [6.07, 6.45) is 18.5. The molecule has 6 unspecified atom stereocenters. The molecule has 6 atom stereocenters. The molecule has 0 fully saturated rings. The van der Waals surface area contributed by atoms with Crippen LogP contribution in [0.3, 0.4) is 0 Å². The summed E-state index contributed by atoms with van der Waals surface area (Å²) in [5.41, 5.74) is 7.21. The van der Waals surface area contributed by atoms with Crippen LogP contribution >= 0.6 is 53.5 Å². The van der Waals surface area contributed by atoms with Crippen molar-refractivity contribution < 1.29 is 13.6 Å². The fourth-order valence-electron chi connectivity index (χ4n) is 4.93. The fourth-order valence-corrected chi connectivity index (χ4v) is 11.3. The first-order valence-corrected chi connectivity index (χ1v) is 19.7. The Labute approximate surface area is 248 Å². The maximum atomic E-state index is 14.8. The van der Waals surface area contributed by atoms with E-state index in [4.69, 9.17) is 9.05 Å². The largest absolute Gasteiger partial charge is 0.391 e. The highest BCUT2D eigenvalue weighted by Crippen LogP contribution is 2.67. The monoisotopic (exact) mass is 612 g/mol. The fraction of sp³-hybridized carbons (Fsp3) is 0.600. The van der Waals surface area contributed by atoms with Crippen molar-refractivity contribution in [1.29, 1.82) is 0 Å². The molecule has 212 valence electrons. The zero-order valence-corrected chi connectivity index (χ0v) is 29.2. The molecule has 0 bridgehead atoms. The second-order valence-electron chi connectivity index (χ2n) is 11.0. The van der Waals surface area contributed by atoms with Gasteiger partial charge in [0, 0.05) is 0 Å². The molecule has 0 radical (unpaired) electrons. The standard InChI is InChI=1S/C30H45O3PS4/c1-19-22(4)28(7,35-10)16-13-25(19)32-34(31,33-26-14-17-29(8,36-11)23(5)20(26)2)38-27-15-18-30(9,37-12)24(6)21(27)3/h13-18,25-27H,1-12H3. The lowest BCUT2D eigenvalue weighted by molar-refractivity contribution is 0.187. The first kappa shape index (κ1) is 32.5. The summed E-state index contributed by atoms with van der Waals surface area (Å²) in [7, 11) is 0. The van der Waals surface area contributed by atoms with Gasteiger partial charge in [0.15, 0.2) is 0 Å². The minimum absolute atomic E-state index is 0.0531. The molecule has 0 heterocycles. The summed E-state index contributed by atoms with van der Waals surface area (Å²) in [6, 6.07) is 0. The summed E-state index contributed by atoms with van der Waals surface area (Å²) in [5, 5.41) is -0.0788. The van der Waals surface area contributed by atoms with Crippen molar-refractivity contribution >= 4 is 53.5 Å². The third-order valence-electron chi connectivity index (χ3n) is 9.06. The van der Waals surface area contributed by atoms with E-state index in [-0.39, 0.29) is 19.5 Å². The number of hydrogen-bond acceptors (Lipinski definition) is 7. The quantitative estimate of drug-likeness (QED) is 0.189. The maximum absolute atomic E-state index is 14.8. The molecule has 0 amide bonds. The predicted octanol–water partition coefficient (Wildman–Crippen LogP) is 10.1. The first-order valence-electron chi connectivity index (χ1n) is 13.0. The molecule has 0 aliphatic heterocycles. The van der Waals surface area contributed by atoms with Crippen LogP contribution < -0.4 is 0 Å². The Bertz CT molecular complexity index is 1040. The van der Waals surface area contributed by atoms with Crippen LogP contribution in [0.5, 0.6) is 0 Å². The molecule has 0 N–H and O–H groups in total. The summed E-state index contributed by atoms with van der Waals surface area (Å²) < 4.78 is 27.7. The van der Waals surface area contributed by atoms with Crippen LogP contribution in [-0.4, -0.2) is 50.5 Å². The van der Waals surface area contributed by atoms with Crippen LogP contribution in [0.4, 0.5) is 0 Å². The van der Waals surface area contributed by atoms with E-state index < -0.39 is 19.0 Å². The minimum atomic E-state index is -3.63. The van der Waals surface area contributed by atoms with Crippen molar-refractivity contribution in [3.8, 4) is 0 Å². The van der Waals surface area contributed by atoms with Gasteiger partial charge in [-0.2, -0.15) is 35.3 Å². The first-order chi connectivity index (χ1) is 17.6. The van der Waals surface area contributed by atoms with E-state index in [2.05, 4.69) is 118 Å². The average Bonchev–Trinajstić information content (AvgIpc) is 2.90. The number of rotatable bonds is 9. The SMILES string of the molecule is CSC1(C)C=CC(OP(=O)(OC2C=CC(C)(SC)C(C)=C2C)SC2C=CC(C)(SC)C(C)=C2C)C(C)=C1C. The normalized spacial score (nSPS) is 37.3. The summed E-state index contributed by atoms with van der Waals surface area (Å²) in [6.45, 7) is 15.8. The predicted molar refractivity (Wildman–Crippen MR) is 177 cm³/mol. The average molecular weight is 613 g/mol. The van der Waals surface area contributed by atoms with Gasteiger partial charge in [0.2, 0.25) is 0 Å². The Balaban J connectivity index is 1.99. The molecule has 3 nitrogen and oxygen atoms in total. The molecule has 38 heavy (non-hydrogen) atoms. The minimum Gasteiger partial charge on any atom is -0.289 e. The molecule has 0 aromatic carbocycles. The van der Waals surface area contributed by atoms with Crippen LogP contribution in [-0.2, 0) is 13.6 Å². The van der Waals surface area contributed by atoms with Gasteiger partial charge in [0.05, 0.1) is 19.5 Å². The summed E-state index contributed by atoms with van der Waals surface area (Å²) in [4.78, 5) is 0. The molecule has 0 saturated carbocycles. The van der Waals surface area contributed by atoms with E-state index in [1.165, 1.54) is 33.7 Å². The smallest absolute Gasteiger partial charge is 0.289 e. The molecular formula is C30H45O3PS4. The van der Waals surface area contributed by atoms with Crippen LogP contribution in [0.1, 0.15) is 62.3 Å². The Hall–Kier alpha value is -0.0100. The van der Waals surface area contributed by atoms with E-state index in [0.29, 0.717) is 0 Å². The third-order valence-corrected chi connectivity index (χ3v) is 16.9. The van der Waals surface area contributed by atoms with Crippen molar-refractivity contribution in [2.75, 3.05) is 18.8 Å². The molecule has 3 aliphatic rings. The second kappa shape index (κ2) is 12.1. The van der Waals surface area contributed by atoms with Gasteiger partial charge in [-0.3, -0.25) is 9.05 Å². The highest BCUT2D eigenvalue weighted by Gasteiger charge is 2.42. The van der Waals surface area contributed by atoms with Gasteiger partial charge in [0.25, 0.3) is 0 Å². The highest BCUT2D eigenvalue weighted by atomic mass is 32.7. The molecule has 3 rings (SSSR count). The zero-order valence-electron chi connectivity index (χ0n) is 25.0. The van der Waals surface area contributed by atoms with Gasteiger partial charge in [-0.15, -0.1) is 0 Å². The lowest BCUT2D eigenvalue weighted by Gasteiger charge is -2.38. The molecular weight excluding hydrogens is 568 g/mol. The Morgan fingerprint density at radius 2 is 0.974 bits per heavy atom. The van der Waals surface area contributed by atoms with E-state index in [1.54, 1.807) is 23.5 Å². The Morgan fingerprint density at radius 3 is 1.34 bits per heavy atom. The maximum Gasteiger partial charge on any atom is 0.391 e. The second-order valence-corrected chi connectivity index (χ2v) is 18.7. The highest BCUT2D eigenvalue weighted by molar-refractivity contribution is 8.55. The zero-order chi connectivity index (χ0) is 28.7. The van der Waals surface area contributed by atoms with Gasteiger partial charge in [-0.05, 0) is 104 Å². The molecule has 0 saturated heterocycles. The van der Waals surface area contributed by atoms with Crippen molar-refractivity contribution in [3.05, 3.63) is 69.9 Å². The molecule has 3 aliphatic carbocycles. The van der Waals surface area contributed by atoms with Crippen LogP contribution in [0, 0.1) is 0 Å². The molecule has 0 aromatic rings. The van der Waals surface area contributed by atoms with E-state index in [1.807, 2.05) is 11.8 Å². The van der Waals surface area contributed by atoms with E-state index >= 15 is 0 Å². The molecule has 0 aromatic heterocycles. The van der Waals surface area contributed by atoms with Crippen molar-refractivity contribution in [1.82, 2.24) is 0 Å². The van der Waals surface area contributed by atoms with E-state index in [0.717, 1.165) is 11.1 Å². The molecule has 0 spiro atoms. The van der Waals surface area contributed by atoms with Gasteiger partial charge in [-0.25, -0.2) is 4.57 Å². The van der Waals surface area contributed by atoms with Crippen LogP contribution in [0.15, 0.2) is 69.9 Å². The Morgan fingerprint density at radius 1 is 0.632 bits per heavy atom. The lowest BCUT2D eigenvalue weighted by atomic mass is 9.88. The van der Waals surface area contributed by atoms with Crippen molar-refractivity contribution in [2.45, 2.75) is 94.0 Å². The van der Waals surface area contributed by atoms with Gasteiger partial charge >= 0.3 is 6.80 Å². The van der Waals surface area contributed by atoms with Gasteiger partial charge in [0.1, 0.15) is 12.2 Å². The molecule has 8 heteroatoms. The summed E-state index contributed by atoms with van der Waals surface area (Å²) >= 11 is 6.75. The topological polar surface area (TPSA) is 35.5 Å².